The third kappa shape index (κ3) is 3.46. The van der Waals surface area contributed by atoms with Gasteiger partial charge in [0.1, 0.15) is 11.2 Å². The van der Waals surface area contributed by atoms with Gasteiger partial charge in [0.15, 0.2) is 0 Å². The molecule has 0 radical (unpaired) electrons. The van der Waals surface area contributed by atoms with Crippen molar-refractivity contribution in [1.29, 1.82) is 0 Å². The summed E-state index contributed by atoms with van der Waals surface area (Å²) in [5.41, 5.74) is -0.507. The predicted octanol–water partition coefficient (Wildman–Crippen LogP) is 0.308. The lowest BCUT2D eigenvalue weighted by molar-refractivity contribution is 0.0947. The molecule has 0 aliphatic heterocycles. The van der Waals surface area contributed by atoms with E-state index in [9.17, 15) is 14.4 Å². The summed E-state index contributed by atoms with van der Waals surface area (Å²) in [5.74, 6) is -0.159. The number of carbonyl (C=O) groups is 1. The highest BCUT2D eigenvalue weighted by atomic mass is 16.5. The van der Waals surface area contributed by atoms with Crippen LogP contribution in [0.5, 0.6) is 5.88 Å². The smallest absolute Gasteiger partial charge is 0.330 e. The lowest BCUT2D eigenvalue weighted by Crippen LogP contribution is -2.39. The van der Waals surface area contributed by atoms with E-state index in [1.54, 1.807) is 31.2 Å². The Kier molecular flexibility index (Phi) is 5.07. The normalized spacial score (nSPS) is 10.7. The Morgan fingerprint density at radius 2 is 2.00 bits per heavy atom. The molecule has 0 atom stereocenters. The molecule has 0 unspecified atom stereocenters. The van der Waals surface area contributed by atoms with Crippen LogP contribution in [0.4, 0.5) is 0 Å². The number of hydrogen-bond donors (Lipinski definition) is 2. The zero-order valence-electron chi connectivity index (χ0n) is 14.1. The fourth-order valence-electron chi connectivity index (χ4n) is 2.48. The summed E-state index contributed by atoms with van der Waals surface area (Å²) in [6.07, 6.45) is 3.02. The van der Waals surface area contributed by atoms with Crippen LogP contribution in [0.1, 0.15) is 17.3 Å². The van der Waals surface area contributed by atoms with Crippen molar-refractivity contribution in [1.82, 2.24) is 24.8 Å². The molecule has 0 aliphatic rings. The van der Waals surface area contributed by atoms with Gasteiger partial charge in [-0.05, 0) is 31.2 Å². The number of rotatable bonds is 6. The molecule has 3 rings (SSSR count). The van der Waals surface area contributed by atoms with Crippen molar-refractivity contribution in [3.8, 4) is 5.88 Å². The molecule has 0 spiro atoms. The minimum absolute atomic E-state index is 0.0228. The van der Waals surface area contributed by atoms with E-state index in [1.165, 1.54) is 12.4 Å². The summed E-state index contributed by atoms with van der Waals surface area (Å²) in [6, 6.07) is 6.42. The van der Waals surface area contributed by atoms with Crippen molar-refractivity contribution in [2.75, 3.05) is 13.2 Å². The topological polar surface area (TPSA) is 119 Å². The van der Waals surface area contributed by atoms with Crippen LogP contribution in [0, 0.1) is 0 Å². The van der Waals surface area contributed by atoms with E-state index in [0.717, 1.165) is 4.57 Å². The molecule has 0 fully saturated rings. The molecular weight excluding hydrogens is 338 g/mol. The second-order valence-electron chi connectivity index (χ2n) is 5.33. The van der Waals surface area contributed by atoms with E-state index in [0.29, 0.717) is 17.6 Å². The van der Waals surface area contributed by atoms with Crippen molar-refractivity contribution in [3.63, 3.8) is 0 Å². The zero-order chi connectivity index (χ0) is 18.5. The summed E-state index contributed by atoms with van der Waals surface area (Å²) in [4.78, 5) is 47.3. The van der Waals surface area contributed by atoms with Crippen LogP contribution >= 0.6 is 0 Å². The van der Waals surface area contributed by atoms with Gasteiger partial charge < -0.3 is 10.1 Å². The van der Waals surface area contributed by atoms with Gasteiger partial charge in [-0.3, -0.25) is 19.1 Å². The van der Waals surface area contributed by atoms with Gasteiger partial charge >= 0.3 is 5.69 Å². The minimum atomic E-state index is -0.577. The van der Waals surface area contributed by atoms with Gasteiger partial charge in [0.05, 0.1) is 12.0 Å². The van der Waals surface area contributed by atoms with Crippen molar-refractivity contribution in [3.05, 3.63) is 63.1 Å². The number of fused-ring (bicyclic) bond motifs is 1. The predicted molar refractivity (Wildman–Crippen MR) is 94.4 cm³/mol. The monoisotopic (exact) mass is 355 g/mol. The van der Waals surface area contributed by atoms with Crippen LogP contribution in [0.25, 0.3) is 11.0 Å². The van der Waals surface area contributed by atoms with Crippen LogP contribution < -0.4 is 21.3 Å². The van der Waals surface area contributed by atoms with E-state index >= 15 is 0 Å². The summed E-state index contributed by atoms with van der Waals surface area (Å²) in [5, 5.41) is 2.97. The molecule has 0 saturated carbocycles. The quantitative estimate of drug-likeness (QED) is 0.657. The molecule has 3 aromatic rings. The van der Waals surface area contributed by atoms with Gasteiger partial charge in [-0.2, -0.15) is 0 Å². The van der Waals surface area contributed by atoms with E-state index in [4.69, 9.17) is 4.74 Å². The number of carbonyl (C=O) groups excluding carboxylic acids is 1. The number of aromatic nitrogens is 4. The highest BCUT2D eigenvalue weighted by Crippen LogP contribution is 2.13. The Labute approximate surface area is 147 Å². The highest BCUT2D eigenvalue weighted by molar-refractivity contribution is 5.96. The van der Waals surface area contributed by atoms with Crippen molar-refractivity contribution in [2.24, 2.45) is 0 Å². The largest absolute Gasteiger partial charge is 0.477 e. The minimum Gasteiger partial charge on any atom is -0.477 e. The molecule has 134 valence electrons. The molecule has 1 amide bonds. The Bertz CT molecular complexity index is 1060. The molecule has 3 heterocycles. The molecule has 0 aromatic carbocycles. The summed E-state index contributed by atoms with van der Waals surface area (Å²) in [6.45, 7) is 2.29. The number of ether oxygens (including phenoxy) is 1. The maximum Gasteiger partial charge on any atom is 0.330 e. The average molecular weight is 355 g/mol. The SMILES string of the molecule is CCOc1ncccc1C(=O)NCCn1c(=O)[nH]c2ncccc2c1=O. The van der Waals surface area contributed by atoms with Crippen LogP contribution in [-0.4, -0.2) is 38.6 Å². The lowest BCUT2D eigenvalue weighted by atomic mass is 10.2. The number of hydrogen-bond acceptors (Lipinski definition) is 6. The molecule has 9 nitrogen and oxygen atoms in total. The molecule has 26 heavy (non-hydrogen) atoms. The summed E-state index contributed by atoms with van der Waals surface area (Å²) >= 11 is 0. The third-order valence-electron chi connectivity index (χ3n) is 3.67. The molecule has 0 saturated heterocycles. The van der Waals surface area contributed by atoms with E-state index in [1.807, 2.05) is 0 Å². The number of amides is 1. The van der Waals surface area contributed by atoms with Gasteiger partial charge in [-0.1, -0.05) is 0 Å². The molecule has 0 bridgehead atoms. The fraction of sp³-hybridized carbons (Fsp3) is 0.235. The number of H-pyrrole nitrogens is 1. The van der Waals surface area contributed by atoms with Crippen molar-refractivity contribution >= 4 is 16.9 Å². The average Bonchev–Trinajstić information content (AvgIpc) is 2.65. The standard InChI is InChI=1S/C17H17N5O4/c1-2-26-15-12(6-4-8-20-15)14(23)19-9-10-22-16(24)11-5-3-7-18-13(11)21-17(22)25/h3-8H,2,9-10H2,1H3,(H,19,23)(H,18,21,25). The van der Waals surface area contributed by atoms with E-state index in [-0.39, 0.29) is 24.6 Å². The second-order valence-corrected chi connectivity index (χ2v) is 5.33. The van der Waals surface area contributed by atoms with Crippen LogP contribution in [0.2, 0.25) is 0 Å². The Morgan fingerprint density at radius 3 is 2.81 bits per heavy atom. The van der Waals surface area contributed by atoms with Gasteiger partial charge in [-0.25, -0.2) is 14.8 Å². The molecule has 3 aromatic heterocycles. The molecular formula is C17H17N5O4. The van der Waals surface area contributed by atoms with E-state index < -0.39 is 17.2 Å². The maximum atomic E-state index is 12.4. The van der Waals surface area contributed by atoms with Gasteiger partial charge in [0.2, 0.25) is 5.88 Å². The van der Waals surface area contributed by atoms with Gasteiger partial charge in [0, 0.05) is 25.5 Å². The summed E-state index contributed by atoms with van der Waals surface area (Å²) < 4.78 is 6.34. The fourth-order valence-corrected chi connectivity index (χ4v) is 2.48. The van der Waals surface area contributed by atoms with Crippen LogP contribution in [0.3, 0.4) is 0 Å². The number of nitrogens with zero attached hydrogens (tertiary/aromatic N) is 3. The first-order valence-electron chi connectivity index (χ1n) is 8.05. The van der Waals surface area contributed by atoms with Crippen molar-refractivity contribution in [2.45, 2.75) is 13.5 Å². The van der Waals surface area contributed by atoms with Crippen LogP contribution in [-0.2, 0) is 6.54 Å². The Hall–Kier alpha value is -3.49. The molecule has 0 aliphatic carbocycles. The zero-order valence-corrected chi connectivity index (χ0v) is 14.1. The molecule has 9 heteroatoms. The highest BCUT2D eigenvalue weighted by Gasteiger charge is 2.13. The maximum absolute atomic E-state index is 12.4. The Morgan fingerprint density at radius 1 is 1.23 bits per heavy atom. The van der Waals surface area contributed by atoms with Gasteiger partial charge in [0.25, 0.3) is 11.5 Å². The van der Waals surface area contributed by atoms with E-state index in [2.05, 4.69) is 20.3 Å². The van der Waals surface area contributed by atoms with Gasteiger partial charge in [-0.15, -0.1) is 0 Å². The molecule has 2 N–H and O–H groups in total. The van der Waals surface area contributed by atoms with Crippen molar-refractivity contribution < 1.29 is 9.53 Å². The number of nitrogens with one attached hydrogen (secondary N) is 2. The first-order valence-corrected chi connectivity index (χ1v) is 8.05. The summed E-state index contributed by atoms with van der Waals surface area (Å²) in [7, 11) is 0. The Balaban J connectivity index is 1.75. The first kappa shape index (κ1) is 17.3. The third-order valence-corrected chi connectivity index (χ3v) is 3.67. The van der Waals surface area contributed by atoms with Crippen LogP contribution in [0.15, 0.2) is 46.2 Å². The first-order chi connectivity index (χ1) is 12.6. The number of pyridine rings is 2. The second kappa shape index (κ2) is 7.60. The number of aromatic amines is 1. The lowest BCUT2D eigenvalue weighted by Gasteiger charge is -2.10.